The predicted molar refractivity (Wildman–Crippen MR) is 89.8 cm³/mol. The zero-order chi connectivity index (χ0) is 17.5. The number of hydrogen-bond acceptors (Lipinski definition) is 6. The standard InChI is InChI=1S/C16H22N4O4/c1-17-15(22)16(23)18-12-3-5-13(6-4-12)20-9-7-19(8-10-20)11-14(21)24-2/h3-6H,7-11H2,1-2H3,(H,17,22)(H,18,23). The van der Waals surface area contributed by atoms with Crippen molar-refractivity contribution in [2.75, 3.05) is 57.1 Å². The molecule has 8 heteroatoms. The van der Waals surface area contributed by atoms with Crippen LogP contribution in [0.2, 0.25) is 0 Å². The number of likely N-dealkylation sites (N-methyl/N-ethyl adjacent to an activating group) is 1. The summed E-state index contributed by atoms with van der Waals surface area (Å²) in [7, 11) is 2.80. The van der Waals surface area contributed by atoms with E-state index in [1.54, 1.807) is 12.1 Å². The second kappa shape index (κ2) is 8.30. The molecule has 1 aliphatic rings. The minimum Gasteiger partial charge on any atom is -0.468 e. The topological polar surface area (TPSA) is 91.0 Å². The first kappa shape index (κ1) is 17.7. The van der Waals surface area contributed by atoms with Crippen LogP contribution in [0.25, 0.3) is 0 Å². The Bertz CT molecular complexity index is 595. The van der Waals surface area contributed by atoms with E-state index in [0.717, 1.165) is 31.9 Å². The quantitative estimate of drug-likeness (QED) is 0.579. The first-order valence-electron chi connectivity index (χ1n) is 7.70. The number of benzene rings is 1. The molecule has 0 atom stereocenters. The summed E-state index contributed by atoms with van der Waals surface area (Å²) < 4.78 is 4.68. The molecule has 2 amide bonds. The highest BCUT2D eigenvalue weighted by Crippen LogP contribution is 2.19. The lowest BCUT2D eigenvalue weighted by atomic mass is 10.2. The van der Waals surface area contributed by atoms with Crippen molar-refractivity contribution in [3.8, 4) is 0 Å². The molecule has 8 nitrogen and oxygen atoms in total. The Labute approximate surface area is 140 Å². The predicted octanol–water partition coefficient (Wildman–Crippen LogP) is -0.334. The molecule has 130 valence electrons. The fourth-order valence-electron chi connectivity index (χ4n) is 2.47. The molecule has 1 heterocycles. The van der Waals surface area contributed by atoms with Crippen molar-refractivity contribution in [3.05, 3.63) is 24.3 Å². The summed E-state index contributed by atoms with van der Waals surface area (Å²) in [6, 6.07) is 7.32. The van der Waals surface area contributed by atoms with Gasteiger partial charge in [-0.25, -0.2) is 0 Å². The third-order valence-electron chi connectivity index (χ3n) is 3.88. The smallest absolute Gasteiger partial charge is 0.319 e. The highest BCUT2D eigenvalue weighted by atomic mass is 16.5. The Morgan fingerprint density at radius 1 is 1.04 bits per heavy atom. The number of anilines is 2. The van der Waals surface area contributed by atoms with Crippen molar-refractivity contribution >= 4 is 29.2 Å². The number of esters is 1. The third kappa shape index (κ3) is 4.69. The van der Waals surface area contributed by atoms with E-state index < -0.39 is 11.8 Å². The molecule has 24 heavy (non-hydrogen) atoms. The van der Waals surface area contributed by atoms with E-state index in [1.807, 2.05) is 12.1 Å². The number of hydrogen-bond donors (Lipinski definition) is 2. The number of piperazine rings is 1. The second-order valence-corrected chi connectivity index (χ2v) is 5.42. The van der Waals surface area contributed by atoms with E-state index in [2.05, 4.69) is 25.2 Å². The minimum absolute atomic E-state index is 0.223. The van der Waals surface area contributed by atoms with Crippen molar-refractivity contribution in [3.63, 3.8) is 0 Å². The zero-order valence-electron chi connectivity index (χ0n) is 13.9. The van der Waals surface area contributed by atoms with Crippen molar-refractivity contribution in [2.24, 2.45) is 0 Å². The fourth-order valence-corrected chi connectivity index (χ4v) is 2.47. The summed E-state index contributed by atoms with van der Waals surface area (Å²) >= 11 is 0. The van der Waals surface area contributed by atoms with Gasteiger partial charge in [0, 0.05) is 44.6 Å². The van der Waals surface area contributed by atoms with Gasteiger partial charge in [-0.05, 0) is 24.3 Å². The van der Waals surface area contributed by atoms with E-state index >= 15 is 0 Å². The van der Waals surface area contributed by atoms with E-state index in [0.29, 0.717) is 12.2 Å². The Morgan fingerprint density at radius 2 is 1.67 bits per heavy atom. The molecule has 0 radical (unpaired) electrons. The molecular formula is C16H22N4O4. The Morgan fingerprint density at radius 3 is 2.21 bits per heavy atom. The molecule has 1 aromatic rings. The van der Waals surface area contributed by atoms with Gasteiger partial charge in [0.15, 0.2) is 0 Å². The summed E-state index contributed by atoms with van der Waals surface area (Å²) in [6.45, 7) is 3.49. The largest absolute Gasteiger partial charge is 0.468 e. The van der Waals surface area contributed by atoms with E-state index in [4.69, 9.17) is 0 Å². The first-order valence-corrected chi connectivity index (χ1v) is 7.70. The van der Waals surface area contributed by atoms with Crippen LogP contribution < -0.4 is 15.5 Å². The molecule has 1 saturated heterocycles. The molecule has 0 spiro atoms. The van der Waals surface area contributed by atoms with Crippen LogP contribution in [0.15, 0.2) is 24.3 Å². The molecule has 0 unspecified atom stereocenters. The van der Waals surface area contributed by atoms with Crippen molar-refractivity contribution in [2.45, 2.75) is 0 Å². The van der Waals surface area contributed by atoms with Gasteiger partial charge in [0.25, 0.3) is 0 Å². The van der Waals surface area contributed by atoms with Crippen LogP contribution in [0.5, 0.6) is 0 Å². The van der Waals surface area contributed by atoms with Crippen LogP contribution in [-0.4, -0.2) is 69.6 Å². The second-order valence-electron chi connectivity index (χ2n) is 5.42. The molecule has 2 N–H and O–H groups in total. The van der Waals surface area contributed by atoms with Crippen molar-refractivity contribution < 1.29 is 19.1 Å². The molecular weight excluding hydrogens is 312 g/mol. The first-order chi connectivity index (χ1) is 11.5. The average Bonchev–Trinajstić information content (AvgIpc) is 2.62. The third-order valence-corrected chi connectivity index (χ3v) is 3.88. The number of methoxy groups -OCH3 is 1. The van der Waals surface area contributed by atoms with Crippen molar-refractivity contribution in [1.82, 2.24) is 10.2 Å². The summed E-state index contributed by atoms with van der Waals surface area (Å²) in [4.78, 5) is 38.2. The highest BCUT2D eigenvalue weighted by Gasteiger charge is 2.19. The van der Waals surface area contributed by atoms with Crippen LogP contribution in [0.1, 0.15) is 0 Å². The maximum absolute atomic E-state index is 11.5. The lowest BCUT2D eigenvalue weighted by molar-refractivity contribution is -0.142. The van der Waals surface area contributed by atoms with Gasteiger partial charge in [-0.2, -0.15) is 0 Å². The normalized spacial score (nSPS) is 14.8. The van der Waals surface area contributed by atoms with Gasteiger partial charge in [-0.15, -0.1) is 0 Å². The van der Waals surface area contributed by atoms with Gasteiger partial charge < -0.3 is 20.3 Å². The SMILES string of the molecule is CNC(=O)C(=O)Nc1ccc(N2CCN(CC(=O)OC)CC2)cc1. The molecule has 0 bridgehead atoms. The molecule has 2 rings (SSSR count). The Balaban J connectivity index is 1.87. The van der Waals surface area contributed by atoms with Crippen LogP contribution in [0, 0.1) is 0 Å². The summed E-state index contributed by atoms with van der Waals surface area (Å²) in [5.41, 5.74) is 1.60. The van der Waals surface area contributed by atoms with E-state index in [-0.39, 0.29) is 5.97 Å². The molecule has 1 fully saturated rings. The number of nitrogens with zero attached hydrogens (tertiary/aromatic N) is 2. The van der Waals surface area contributed by atoms with Crippen LogP contribution >= 0.6 is 0 Å². The number of carbonyl (C=O) groups is 3. The van der Waals surface area contributed by atoms with Crippen LogP contribution in [-0.2, 0) is 19.1 Å². The van der Waals surface area contributed by atoms with Gasteiger partial charge >= 0.3 is 17.8 Å². The lowest BCUT2D eigenvalue weighted by Gasteiger charge is -2.35. The number of carbonyl (C=O) groups excluding carboxylic acids is 3. The van der Waals surface area contributed by atoms with Gasteiger partial charge in [-0.3, -0.25) is 19.3 Å². The summed E-state index contributed by atoms with van der Waals surface area (Å²) in [5, 5.41) is 4.80. The Hall–Kier alpha value is -2.61. The molecule has 0 aromatic heterocycles. The summed E-state index contributed by atoms with van der Waals surface area (Å²) in [5.74, 6) is -1.60. The summed E-state index contributed by atoms with van der Waals surface area (Å²) in [6.07, 6.45) is 0. The number of nitrogens with one attached hydrogen (secondary N) is 2. The molecule has 0 aliphatic carbocycles. The van der Waals surface area contributed by atoms with Crippen LogP contribution in [0.3, 0.4) is 0 Å². The minimum atomic E-state index is -0.693. The van der Waals surface area contributed by atoms with E-state index in [1.165, 1.54) is 14.2 Å². The van der Waals surface area contributed by atoms with Crippen molar-refractivity contribution in [1.29, 1.82) is 0 Å². The number of ether oxygens (including phenoxy) is 1. The van der Waals surface area contributed by atoms with Gasteiger partial charge in [-0.1, -0.05) is 0 Å². The van der Waals surface area contributed by atoms with E-state index in [9.17, 15) is 14.4 Å². The molecule has 0 saturated carbocycles. The molecule has 1 aromatic carbocycles. The fraction of sp³-hybridized carbons (Fsp3) is 0.438. The monoisotopic (exact) mass is 334 g/mol. The number of amides is 2. The zero-order valence-corrected chi connectivity index (χ0v) is 13.9. The van der Waals surface area contributed by atoms with Gasteiger partial charge in [0.2, 0.25) is 0 Å². The molecule has 1 aliphatic heterocycles. The maximum atomic E-state index is 11.5. The maximum Gasteiger partial charge on any atom is 0.319 e. The van der Waals surface area contributed by atoms with Gasteiger partial charge in [0.05, 0.1) is 13.7 Å². The lowest BCUT2D eigenvalue weighted by Crippen LogP contribution is -2.48. The van der Waals surface area contributed by atoms with Gasteiger partial charge in [0.1, 0.15) is 0 Å². The number of rotatable bonds is 4. The van der Waals surface area contributed by atoms with Crippen LogP contribution in [0.4, 0.5) is 11.4 Å². The highest BCUT2D eigenvalue weighted by molar-refractivity contribution is 6.39. The Kier molecular flexibility index (Phi) is 6.14. The average molecular weight is 334 g/mol.